The second-order valence-electron chi connectivity index (χ2n) is 5.26. The largest absolute Gasteiger partial charge is 1.00 e. The van der Waals surface area contributed by atoms with Crippen LogP contribution in [0.5, 0.6) is 5.75 Å². The number of aryl methyl sites for hydroxylation is 1. The van der Waals surface area contributed by atoms with E-state index < -0.39 is 6.10 Å². The minimum absolute atomic E-state index is 0. The van der Waals surface area contributed by atoms with Crippen molar-refractivity contribution in [3.63, 3.8) is 0 Å². The van der Waals surface area contributed by atoms with Crippen LogP contribution in [-0.4, -0.2) is 22.4 Å². The van der Waals surface area contributed by atoms with Gasteiger partial charge in [0.2, 0.25) is 6.33 Å². The Labute approximate surface area is 157 Å². The van der Waals surface area contributed by atoms with Gasteiger partial charge in [0, 0.05) is 0 Å². The molecule has 0 amide bonds. The average molecular weight is 445 g/mol. The summed E-state index contributed by atoms with van der Waals surface area (Å²) in [5, 5.41) is 10.8. The minimum atomic E-state index is -0.618. The Morgan fingerprint density at radius 1 is 1.17 bits per heavy atom. The van der Waals surface area contributed by atoms with E-state index in [0.717, 1.165) is 11.0 Å². The molecule has 2 aromatic carbocycles. The summed E-state index contributed by atoms with van der Waals surface area (Å²) in [7, 11) is 1.99. The molecule has 0 aliphatic carbocycles. The molecule has 0 aliphatic rings. The molecule has 1 atom stereocenters. The summed E-state index contributed by atoms with van der Waals surface area (Å²) in [5.74, 6) is 0.589. The first-order valence-electron chi connectivity index (χ1n) is 7.14. The molecule has 122 valence electrons. The van der Waals surface area contributed by atoms with Crippen molar-refractivity contribution in [3.8, 4) is 5.75 Å². The molecule has 0 fully saturated rings. The van der Waals surface area contributed by atoms with Crippen LogP contribution in [0.3, 0.4) is 0 Å². The number of nitrogens with zero attached hydrogens (tertiary/aromatic N) is 2. The third-order valence-corrected chi connectivity index (χ3v) is 3.87. The van der Waals surface area contributed by atoms with Gasteiger partial charge in [-0.3, -0.25) is 0 Å². The maximum absolute atomic E-state index is 10.2. The zero-order chi connectivity index (χ0) is 15.5. The molecule has 0 bridgehead atoms. The number of aliphatic hydroxyl groups excluding tert-OH is 1. The van der Waals surface area contributed by atoms with Gasteiger partial charge in [0.25, 0.3) is 0 Å². The van der Waals surface area contributed by atoms with Crippen LogP contribution in [0, 0.1) is 0 Å². The quantitative estimate of drug-likeness (QED) is 0.428. The zero-order valence-electron chi connectivity index (χ0n) is 12.7. The Bertz CT molecular complexity index is 791. The lowest BCUT2D eigenvalue weighted by Gasteiger charge is -2.11. The first-order chi connectivity index (χ1) is 10.6. The summed E-state index contributed by atoms with van der Waals surface area (Å²) in [4.78, 5) is 0. The second-order valence-corrected chi connectivity index (χ2v) is 5.67. The first-order valence-corrected chi connectivity index (χ1v) is 7.52. The number of imidazole rings is 1. The highest BCUT2D eigenvalue weighted by Gasteiger charge is 2.16. The molecular formula is C17H18ClIN2O2. The predicted octanol–water partition coefficient (Wildman–Crippen LogP) is -0.437. The van der Waals surface area contributed by atoms with Crippen molar-refractivity contribution < 1.29 is 38.4 Å². The van der Waals surface area contributed by atoms with Crippen molar-refractivity contribution in [3.05, 3.63) is 59.9 Å². The van der Waals surface area contributed by atoms with E-state index in [-0.39, 0.29) is 30.6 Å². The van der Waals surface area contributed by atoms with Crippen LogP contribution in [0.15, 0.2) is 54.9 Å². The van der Waals surface area contributed by atoms with Crippen molar-refractivity contribution in [1.29, 1.82) is 0 Å². The van der Waals surface area contributed by atoms with E-state index in [2.05, 4.69) is 6.07 Å². The molecule has 1 heterocycles. The topological polar surface area (TPSA) is 38.3 Å². The number of fused-ring (bicyclic) bond motifs is 1. The van der Waals surface area contributed by atoms with Crippen molar-refractivity contribution in [2.75, 3.05) is 6.61 Å². The fraction of sp³-hybridized carbons (Fsp3) is 0.235. The fourth-order valence-corrected chi connectivity index (χ4v) is 2.70. The Balaban J connectivity index is 0.00000192. The SMILES string of the molecule is C[n+]1cn(CC(O)COc2ccccc2Cl)c2ccccc21.[I-]. The highest BCUT2D eigenvalue weighted by atomic mass is 127. The van der Waals surface area contributed by atoms with E-state index in [1.807, 2.05) is 52.8 Å². The van der Waals surface area contributed by atoms with Gasteiger partial charge in [-0.1, -0.05) is 35.9 Å². The van der Waals surface area contributed by atoms with Gasteiger partial charge in [0.1, 0.15) is 25.0 Å². The first kappa shape index (κ1) is 18.0. The highest BCUT2D eigenvalue weighted by molar-refractivity contribution is 6.32. The molecule has 1 N–H and O–H groups in total. The number of aromatic nitrogens is 2. The second kappa shape index (κ2) is 7.99. The summed E-state index contributed by atoms with van der Waals surface area (Å²) >= 11 is 6.03. The number of hydrogen-bond donors (Lipinski definition) is 1. The molecule has 0 aliphatic heterocycles. The number of halogens is 2. The Morgan fingerprint density at radius 2 is 1.87 bits per heavy atom. The zero-order valence-corrected chi connectivity index (χ0v) is 15.6. The van der Waals surface area contributed by atoms with E-state index in [1.165, 1.54) is 0 Å². The summed E-state index contributed by atoms with van der Waals surface area (Å²) in [6.07, 6.45) is 1.36. The van der Waals surface area contributed by atoms with Crippen LogP contribution in [0.4, 0.5) is 0 Å². The van der Waals surface area contributed by atoms with Crippen LogP contribution in [0.2, 0.25) is 5.02 Å². The monoisotopic (exact) mass is 444 g/mol. The Hall–Kier alpha value is -1.31. The van der Waals surface area contributed by atoms with Crippen LogP contribution in [0.25, 0.3) is 11.0 Å². The van der Waals surface area contributed by atoms with Gasteiger partial charge in [-0.2, -0.15) is 0 Å². The van der Waals surface area contributed by atoms with Crippen LogP contribution < -0.4 is 33.3 Å². The summed E-state index contributed by atoms with van der Waals surface area (Å²) < 4.78 is 9.65. The number of para-hydroxylation sites is 3. The average Bonchev–Trinajstić information content (AvgIpc) is 2.83. The molecule has 4 nitrogen and oxygen atoms in total. The molecule has 6 heteroatoms. The fourth-order valence-electron chi connectivity index (χ4n) is 2.51. The third kappa shape index (κ3) is 4.16. The summed E-state index contributed by atoms with van der Waals surface area (Å²) in [5.41, 5.74) is 2.21. The van der Waals surface area contributed by atoms with Gasteiger partial charge in [-0.25, -0.2) is 9.13 Å². The van der Waals surface area contributed by atoms with Crippen molar-refractivity contribution in [2.24, 2.45) is 7.05 Å². The van der Waals surface area contributed by atoms with E-state index in [1.54, 1.807) is 12.1 Å². The van der Waals surface area contributed by atoms with Crippen molar-refractivity contribution in [2.45, 2.75) is 12.6 Å². The van der Waals surface area contributed by atoms with E-state index in [0.29, 0.717) is 17.3 Å². The predicted molar refractivity (Wildman–Crippen MR) is 86.1 cm³/mol. The summed E-state index contributed by atoms with van der Waals surface area (Å²) in [6, 6.07) is 15.3. The molecule has 23 heavy (non-hydrogen) atoms. The van der Waals surface area contributed by atoms with Crippen molar-refractivity contribution in [1.82, 2.24) is 4.57 Å². The molecular weight excluding hydrogens is 427 g/mol. The smallest absolute Gasteiger partial charge is 0.244 e. The number of hydrogen-bond acceptors (Lipinski definition) is 2. The van der Waals surface area contributed by atoms with Gasteiger partial charge in [-0.05, 0) is 24.3 Å². The van der Waals surface area contributed by atoms with Crippen LogP contribution in [-0.2, 0) is 13.6 Å². The maximum Gasteiger partial charge on any atom is 0.244 e. The Kier molecular flexibility index (Phi) is 6.26. The van der Waals surface area contributed by atoms with Gasteiger partial charge in [0.05, 0.1) is 12.1 Å². The number of aliphatic hydroxyl groups is 1. The maximum atomic E-state index is 10.2. The summed E-state index contributed by atoms with van der Waals surface area (Å²) in [6.45, 7) is 0.658. The molecule has 1 unspecified atom stereocenters. The van der Waals surface area contributed by atoms with Gasteiger partial charge in [-0.15, -0.1) is 0 Å². The molecule has 3 aromatic rings. The highest BCUT2D eigenvalue weighted by Crippen LogP contribution is 2.23. The minimum Gasteiger partial charge on any atom is -1.00 e. The molecule has 1 aromatic heterocycles. The molecule has 0 radical (unpaired) electrons. The number of rotatable bonds is 5. The lowest BCUT2D eigenvalue weighted by atomic mass is 10.3. The molecule has 0 saturated carbocycles. The molecule has 3 rings (SSSR count). The van der Waals surface area contributed by atoms with Gasteiger partial charge in [0.15, 0.2) is 11.0 Å². The standard InChI is InChI=1S/C17H18ClN2O2.HI/c1-19-12-20(16-8-4-3-7-15(16)19)10-13(21)11-22-17-9-5-2-6-14(17)18;/h2-9,12-13,21H,10-11H2,1H3;1H/q+1;/p-1. The lowest BCUT2D eigenvalue weighted by Crippen LogP contribution is -3.00. The third-order valence-electron chi connectivity index (χ3n) is 3.56. The van der Waals surface area contributed by atoms with E-state index in [4.69, 9.17) is 16.3 Å². The molecule has 0 saturated heterocycles. The lowest BCUT2D eigenvalue weighted by molar-refractivity contribution is -0.645. The van der Waals surface area contributed by atoms with Crippen molar-refractivity contribution >= 4 is 22.6 Å². The Morgan fingerprint density at radius 3 is 2.65 bits per heavy atom. The van der Waals surface area contributed by atoms with E-state index in [9.17, 15) is 5.11 Å². The number of ether oxygens (including phenoxy) is 1. The number of benzene rings is 2. The van der Waals surface area contributed by atoms with Gasteiger partial charge >= 0.3 is 0 Å². The normalized spacial score (nSPS) is 12.0. The van der Waals surface area contributed by atoms with Crippen LogP contribution >= 0.6 is 11.6 Å². The molecule has 0 spiro atoms. The van der Waals surface area contributed by atoms with Gasteiger partial charge < -0.3 is 33.8 Å². The van der Waals surface area contributed by atoms with Crippen LogP contribution in [0.1, 0.15) is 0 Å². The van der Waals surface area contributed by atoms with E-state index >= 15 is 0 Å².